The fourth-order valence-electron chi connectivity index (χ4n) is 4.84. The first-order valence-electron chi connectivity index (χ1n) is 12.4. The van der Waals surface area contributed by atoms with Gasteiger partial charge >= 0.3 is 5.97 Å². The van der Waals surface area contributed by atoms with Gasteiger partial charge in [0.15, 0.2) is 0 Å². The highest BCUT2D eigenvalue weighted by Gasteiger charge is 2.28. The highest BCUT2D eigenvalue weighted by molar-refractivity contribution is 5.70. The molecule has 0 amide bonds. The second-order valence-corrected chi connectivity index (χ2v) is 9.39. The average Bonchev–Trinajstić information content (AvgIpc) is 3.55. The highest BCUT2D eigenvalue weighted by atomic mass is 16.5. The number of carboxylic acids is 1. The molecule has 190 valence electrons. The van der Waals surface area contributed by atoms with Gasteiger partial charge in [0.25, 0.3) is 0 Å². The lowest BCUT2D eigenvalue weighted by molar-refractivity contribution is -0.143. The van der Waals surface area contributed by atoms with Crippen LogP contribution in [0, 0.1) is 12.8 Å². The van der Waals surface area contributed by atoms with Crippen molar-refractivity contribution in [2.24, 2.45) is 13.0 Å². The summed E-state index contributed by atoms with van der Waals surface area (Å²) in [5, 5.41) is 21.1. The number of aromatic nitrogens is 7. The Hall–Kier alpha value is -3.83. The summed E-state index contributed by atoms with van der Waals surface area (Å²) in [6, 6.07) is 3.74. The molecular formula is C24H31N9O3. The Bertz CT molecular complexity index is 1230. The highest BCUT2D eigenvalue weighted by Crippen LogP contribution is 2.30. The number of pyridine rings is 1. The van der Waals surface area contributed by atoms with Gasteiger partial charge in [0.05, 0.1) is 35.6 Å². The van der Waals surface area contributed by atoms with Gasteiger partial charge in [0, 0.05) is 20.1 Å². The fraction of sp³-hybridized carbons (Fsp3) is 0.542. The van der Waals surface area contributed by atoms with E-state index in [-0.39, 0.29) is 12.0 Å². The number of nitrogens with zero attached hydrogens (tertiary/aromatic N) is 8. The van der Waals surface area contributed by atoms with E-state index in [0.29, 0.717) is 48.4 Å². The van der Waals surface area contributed by atoms with Crippen LogP contribution >= 0.6 is 0 Å². The van der Waals surface area contributed by atoms with Gasteiger partial charge in [-0.1, -0.05) is 5.21 Å². The van der Waals surface area contributed by atoms with Crippen LogP contribution in [0.5, 0.6) is 5.75 Å². The van der Waals surface area contributed by atoms with Crippen molar-refractivity contribution >= 4 is 17.9 Å². The van der Waals surface area contributed by atoms with Crippen molar-refractivity contribution < 1.29 is 14.6 Å². The van der Waals surface area contributed by atoms with E-state index in [0.717, 1.165) is 50.2 Å². The molecule has 12 nitrogen and oxygen atoms in total. The van der Waals surface area contributed by atoms with E-state index in [1.165, 1.54) is 6.33 Å². The number of anilines is 2. The molecule has 3 aromatic heterocycles. The molecule has 1 aliphatic heterocycles. The van der Waals surface area contributed by atoms with E-state index in [2.05, 4.69) is 35.5 Å². The minimum atomic E-state index is -0.748. The third kappa shape index (κ3) is 5.21. The second kappa shape index (κ2) is 10.4. The van der Waals surface area contributed by atoms with Crippen LogP contribution in [0.25, 0.3) is 11.4 Å². The number of carboxylic acid groups (broad SMARTS) is 1. The van der Waals surface area contributed by atoms with Crippen LogP contribution < -0.4 is 15.0 Å². The summed E-state index contributed by atoms with van der Waals surface area (Å²) in [7, 11) is 1.84. The maximum absolute atomic E-state index is 11.4. The van der Waals surface area contributed by atoms with Crippen molar-refractivity contribution in [1.82, 2.24) is 34.9 Å². The molecule has 3 aromatic rings. The van der Waals surface area contributed by atoms with Crippen molar-refractivity contribution in [1.29, 1.82) is 0 Å². The Morgan fingerprint density at radius 2 is 2.00 bits per heavy atom. The molecule has 4 heterocycles. The molecule has 2 atom stereocenters. The van der Waals surface area contributed by atoms with Gasteiger partial charge in [0.1, 0.15) is 17.8 Å². The molecule has 1 saturated carbocycles. The Morgan fingerprint density at radius 3 is 2.78 bits per heavy atom. The topological polar surface area (TPSA) is 144 Å². The molecule has 36 heavy (non-hydrogen) atoms. The summed E-state index contributed by atoms with van der Waals surface area (Å²) in [5.41, 5.74) is 2.92. The van der Waals surface area contributed by atoms with Crippen LogP contribution in [-0.2, 0) is 18.4 Å². The van der Waals surface area contributed by atoms with Crippen LogP contribution in [0.1, 0.15) is 49.9 Å². The minimum Gasteiger partial charge on any atom is -0.489 e. The van der Waals surface area contributed by atoms with Crippen molar-refractivity contribution in [2.45, 2.75) is 58.1 Å². The first kappa shape index (κ1) is 23.9. The Balaban J connectivity index is 1.28. The molecule has 5 rings (SSSR count). The zero-order chi connectivity index (χ0) is 25.1. The maximum atomic E-state index is 11.4. The first-order chi connectivity index (χ1) is 17.5. The Morgan fingerprint density at radius 1 is 1.17 bits per heavy atom. The molecule has 2 fully saturated rings. The summed E-state index contributed by atoms with van der Waals surface area (Å²) in [4.78, 5) is 31.4. The van der Waals surface area contributed by atoms with Gasteiger partial charge < -0.3 is 20.1 Å². The molecule has 0 unspecified atom stereocenters. The molecular weight excluding hydrogens is 462 g/mol. The van der Waals surface area contributed by atoms with E-state index >= 15 is 0 Å². The number of nitrogens with one attached hydrogen (secondary N) is 1. The number of aryl methyl sites for hydroxylation is 2. The van der Waals surface area contributed by atoms with Crippen molar-refractivity contribution in [2.75, 3.05) is 23.3 Å². The number of hydrogen-bond donors (Lipinski definition) is 2. The Labute approximate surface area is 209 Å². The van der Waals surface area contributed by atoms with Gasteiger partial charge in [-0.15, -0.1) is 5.10 Å². The predicted octanol–water partition coefficient (Wildman–Crippen LogP) is 2.61. The SMILES string of the molecule is Cc1nc(-c2nnn(C)c2CNc2ncnc(N3CCCC3)n2)ccc1O[C@H]1CCC[C@H](C(=O)O)C1. The zero-order valence-corrected chi connectivity index (χ0v) is 20.6. The number of rotatable bonds is 8. The number of ether oxygens (including phenoxy) is 1. The lowest BCUT2D eigenvalue weighted by Gasteiger charge is -2.27. The third-order valence-corrected chi connectivity index (χ3v) is 6.85. The summed E-state index contributed by atoms with van der Waals surface area (Å²) in [6.45, 7) is 4.23. The van der Waals surface area contributed by atoms with Crippen LogP contribution in [0.4, 0.5) is 11.9 Å². The van der Waals surface area contributed by atoms with E-state index in [4.69, 9.17) is 9.72 Å². The van der Waals surface area contributed by atoms with Gasteiger partial charge in [0.2, 0.25) is 11.9 Å². The first-order valence-corrected chi connectivity index (χ1v) is 12.4. The van der Waals surface area contributed by atoms with Crippen LogP contribution in [0.15, 0.2) is 18.5 Å². The lowest BCUT2D eigenvalue weighted by atomic mass is 9.87. The van der Waals surface area contributed by atoms with E-state index < -0.39 is 5.97 Å². The van der Waals surface area contributed by atoms with Gasteiger partial charge in [-0.05, 0) is 57.6 Å². The monoisotopic (exact) mass is 493 g/mol. The quantitative estimate of drug-likeness (QED) is 0.478. The number of carbonyl (C=O) groups is 1. The van der Waals surface area contributed by atoms with Crippen LogP contribution in [-0.4, -0.2) is 65.2 Å². The Kier molecular flexibility index (Phi) is 6.92. The zero-order valence-electron chi connectivity index (χ0n) is 20.6. The minimum absolute atomic E-state index is 0.117. The third-order valence-electron chi connectivity index (χ3n) is 6.85. The molecule has 1 saturated heterocycles. The van der Waals surface area contributed by atoms with E-state index in [9.17, 15) is 9.90 Å². The predicted molar refractivity (Wildman–Crippen MR) is 132 cm³/mol. The van der Waals surface area contributed by atoms with Gasteiger partial charge in [-0.25, -0.2) is 19.6 Å². The second-order valence-electron chi connectivity index (χ2n) is 9.39. The molecule has 2 aliphatic rings. The normalized spacial score (nSPS) is 19.9. The lowest BCUT2D eigenvalue weighted by Crippen LogP contribution is -2.29. The molecule has 0 bridgehead atoms. The summed E-state index contributed by atoms with van der Waals surface area (Å²) < 4.78 is 7.85. The van der Waals surface area contributed by atoms with Crippen molar-refractivity contribution in [3.8, 4) is 17.1 Å². The van der Waals surface area contributed by atoms with Crippen molar-refractivity contribution in [3.05, 3.63) is 29.8 Å². The molecule has 12 heteroatoms. The summed E-state index contributed by atoms with van der Waals surface area (Å²) >= 11 is 0. The average molecular weight is 494 g/mol. The molecule has 1 aliphatic carbocycles. The standard InChI is InChI=1S/C24H31N9O3/c1-15-20(36-17-7-5-6-16(12-17)22(34)35)9-8-18(28-15)21-19(32(2)31-30-21)13-25-23-26-14-27-24(29-23)33-10-3-4-11-33/h8-9,14,16-17H,3-7,10-13H2,1-2H3,(H,34,35)(H,25,26,27,29)/t16-,17-/m0/s1. The van der Waals surface area contributed by atoms with E-state index in [1.807, 2.05) is 26.1 Å². The van der Waals surface area contributed by atoms with Crippen molar-refractivity contribution in [3.63, 3.8) is 0 Å². The van der Waals surface area contributed by atoms with Crippen LogP contribution in [0.2, 0.25) is 0 Å². The molecule has 0 radical (unpaired) electrons. The van der Waals surface area contributed by atoms with Crippen LogP contribution in [0.3, 0.4) is 0 Å². The number of aliphatic carboxylic acids is 1. The summed E-state index contributed by atoms with van der Waals surface area (Å²) in [6.07, 6.45) is 6.64. The van der Waals surface area contributed by atoms with Gasteiger partial charge in [-0.3, -0.25) is 4.79 Å². The van der Waals surface area contributed by atoms with E-state index in [1.54, 1.807) is 4.68 Å². The largest absolute Gasteiger partial charge is 0.489 e. The number of hydrogen-bond acceptors (Lipinski definition) is 10. The fourth-order valence-corrected chi connectivity index (χ4v) is 4.84. The molecule has 0 aromatic carbocycles. The molecule has 2 N–H and O–H groups in total. The maximum Gasteiger partial charge on any atom is 0.306 e. The molecule has 0 spiro atoms. The smallest absolute Gasteiger partial charge is 0.306 e. The summed E-state index contributed by atoms with van der Waals surface area (Å²) in [5.74, 6) is 0.759. The van der Waals surface area contributed by atoms with Gasteiger partial charge in [-0.2, -0.15) is 4.98 Å².